The Morgan fingerprint density at radius 2 is 1.83 bits per heavy atom. The first kappa shape index (κ1) is 21.1. The van der Waals surface area contributed by atoms with E-state index in [0.29, 0.717) is 22.6 Å². The highest BCUT2D eigenvalue weighted by molar-refractivity contribution is 6.06. The van der Waals surface area contributed by atoms with Gasteiger partial charge in [0.15, 0.2) is 5.78 Å². The molecule has 3 aromatic rings. The standard InChI is InChI=1S/C25H24O5/c1-3-4-5-17-6-8-18(9-7-17)22(26)14-11-20-12-15-24(30-20)19-10-13-23(27)21(16-19)25(28)29-2/h6-16,27H,3-5H2,1-2H3/b14-11+. The number of unbranched alkanes of at least 4 members (excludes halogenated alkanes) is 1. The number of ketones is 1. The SMILES string of the molecule is CCCCc1ccc(C(=O)/C=C/c2ccc(-c3ccc(O)c(C(=O)OC)c3)o2)cc1. The first-order valence-electron chi connectivity index (χ1n) is 9.84. The second-order valence-corrected chi connectivity index (χ2v) is 6.92. The van der Waals surface area contributed by atoms with Crippen molar-refractivity contribution in [3.05, 3.63) is 83.1 Å². The lowest BCUT2D eigenvalue weighted by Gasteiger charge is -2.04. The van der Waals surface area contributed by atoms with Crippen molar-refractivity contribution in [1.82, 2.24) is 0 Å². The third-order valence-electron chi connectivity index (χ3n) is 4.77. The smallest absolute Gasteiger partial charge is 0.341 e. The number of esters is 1. The molecule has 0 aliphatic rings. The number of allylic oxidation sites excluding steroid dienone is 1. The minimum absolute atomic E-state index is 0.0565. The first-order chi connectivity index (χ1) is 14.5. The summed E-state index contributed by atoms with van der Waals surface area (Å²) in [6.07, 6.45) is 6.38. The molecule has 0 radical (unpaired) electrons. The van der Waals surface area contributed by atoms with Crippen LogP contribution in [0.4, 0.5) is 0 Å². The summed E-state index contributed by atoms with van der Waals surface area (Å²) in [6, 6.07) is 15.7. The van der Waals surface area contributed by atoms with Gasteiger partial charge in [0.2, 0.25) is 0 Å². The molecular weight excluding hydrogens is 380 g/mol. The van der Waals surface area contributed by atoms with Crippen molar-refractivity contribution < 1.29 is 23.8 Å². The summed E-state index contributed by atoms with van der Waals surface area (Å²) in [5, 5.41) is 9.82. The average Bonchev–Trinajstić information content (AvgIpc) is 3.25. The van der Waals surface area contributed by atoms with Crippen molar-refractivity contribution in [2.24, 2.45) is 0 Å². The van der Waals surface area contributed by atoms with Gasteiger partial charge < -0.3 is 14.3 Å². The summed E-state index contributed by atoms with van der Waals surface area (Å²) in [7, 11) is 1.25. The Balaban J connectivity index is 1.71. The molecule has 0 saturated carbocycles. The maximum absolute atomic E-state index is 12.4. The van der Waals surface area contributed by atoms with Crippen LogP contribution >= 0.6 is 0 Å². The second-order valence-electron chi connectivity index (χ2n) is 6.92. The lowest BCUT2D eigenvalue weighted by molar-refractivity contribution is 0.0597. The van der Waals surface area contributed by atoms with Crippen molar-refractivity contribution >= 4 is 17.8 Å². The average molecular weight is 404 g/mol. The van der Waals surface area contributed by atoms with Gasteiger partial charge in [-0.1, -0.05) is 37.6 Å². The van der Waals surface area contributed by atoms with Crippen LogP contribution < -0.4 is 0 Å². The number of hydrogen-bond donors (Lipinski definition) is 1. The van der Waals surface area contributed by atoms with Crippen LogP contribution in [0.5, 0.6) is 5.75 Å². The van der Waals surface area contributed by atoms with E-state index in [0.717, 1.165) is 19.3 Å². The highest BCUT2D eigenvalue weighted by Crippen LogP contribution is 2.28. The molecule has 30 heavy (non-hydrogen) atoms. The molecule has 0 bridgehead atoms. The van der Waals surface area contributed by atoms with E-state index in [4.69, 9.17) is 4.42 Å². The van der Waals surface area contributed by atoms with Crippen LogP contribution in [-0.2, 0) is 11.2 Å². The maximum atomic E-state index is 12.4. The Morgan fingerprint density at radius 1 is 1.07 bits per heavy atom. The normalized spacial score (nSPS) is 11.0. The topological polar surface area (TPSA) is 76.7 Å². The van der Waals surface area contributed by atoms with Crippen LogP contribution in [0.25, 0.3) is 17.4 Å². The number of rotatable bonds is 8. The number of methoxy groups -OCH3 is 1. The van der Waals surface area contributed by atoms with E-state index in [2.05, 4.69) is 11.7 Å². The summed E-state index contributed by atoms with van der Waals surface area (Å²) < 4.78 is 10.4. The molecule has 0 fully saturated rings. The number of phenolic OH excluding ortho intramolecular Hbond substituents is 1. The predicted octanol–water partition coefficient (Wildman–Crippen LogP) is 5.68. The van der Waals surface area contributed by atoms with Gasteiger partial charge in [0.25, 0.3) is 0 Å². The van der Waals surface area contributed by atoms with Crippen LogP contribution in [0.15, 0.2) is 65.1 Å². The number of ether oxygens (including phenoxy) is 1. The molecule has 154 valence electrons. The Hall–Kier alpha value is -3.60. The fraction of sp³-hybridized carbons (Fsp3) is 0.200. The van der Waals surface area contributed by atoms with Crippen molar-refractivity contribution in [1.29, 1.82) is 0 Å². The van der Waals surface area contributed by atoms with E-state index >= 15 is 0 Å². The van der Waals surface area contributed by atoms with Gasteiger partial charge in [-0.2, -0.15) is 0 Å². The number of carbonyl (C=O) groups is 2. The maximum Gasteiger partial charge on any atom is 0.341 e. The van der Waals surface area contributed by atoms with Gasteiger partial charge >= 0.3 is 5.97 Å². The zero-order valence-corrected chi connectivity index (χ0v) is 17.1. The minimum atomic E-state index is -0.632. The molecule has 0 saturated heterocycles. The van der Waals surface area contributed by atoms with E-state index in [1.807, 2.05) is 24.3 Å². The van der Waals surface area contributed by atoms with E-state index in [1.165, 1.54) is 30.9 Å². The number of phenols is 1. The molecule has 0 atom stereocenters. The summed E-state index contributed by atoms with van der Waals surface area (Å²) in [5.41, 5.74) is 2.52. The molecule has 3 rings (SSSR count). The predicted molar refractivity (Wildman–Crippen MR) is 116 cm³/mol. The van der Waals surface area contributed by atoms with E-state index in [9.17, 15) is 14.7 Å². The van der Waals surface area contributed by atoms with Crippen LogP contribution in [0.3, 0.4) is 0 Å². The van der Waals surface area contributed by atoms with E-state index in [1.54, 1.807) is 24.3 Å². The number of benzene rings is 2. The van der Waals surface area contributed by atoms with E-state index in [-0.39, 0.29) is 17.1 Å². The van der Waals surface area contributed by atoms with Crippen molar-refractivity contribution in [2.75, 3.05) is 7.11 Å². The minimum Gasteiger partial charge on any atom is -0.507 e. The number of furan rings is 1. The van der Waals surface area contributed by atoms with Gasteiger partial charge in [0.05, 0.1) is 7.11 Å². The highest BCUT2D eigenvalue weighted by atomic mass is 16.5. The summed E-state index contributed by atoms with van der Waals surface area (Å²) in [5.74, 6) is 0.113. The molecule has 2 aromatic carbocycles. The van der Waals surface area contributed by atoms with Crippen LogP contribution in [0.2, 0.25) is 0 Å². The summed E-state index contributed by atoms with van der Waals surface area (Å²) >= 11 is 0. The van der Waals surface area contributed by atoms with Crippen LogP contribution in [0, 0.1) is 0 Å². The Kier molecular flexibility index (Phi) is 6.86. The van der Waals surface area contributed by atoms with E-state index < -0.39 is 5.97 Å². The number of hydrogen-bond acceptors (Lipinski definition) is 5. The first-order valence-corrected chi connectivity index (χ1v) is 9.84. The van der Waals surface area contributed by atoms with Crippen LogP contribution in [-0.4, -0.2) is 24.0 Å². The monoisotopic (exact) mass is 404 g/mol. The largest absolute Gasteiger partial charge is 0.507 e. The Labute approximate surface area is 175 Å². The lowest BCUT2D eigenvalue weighted by Crippen LogP contribution is -2.01. The fourth-order valence-corrected chi connectivity index (χ4v) is 3.03. The molecule has 0 amide bonds. The molecule has 0 unspecified atom stereocenters. The summed E-state index contributed by atoms with van der Waals surface area (Å²) in [6.45, 7) is 2.16. The molecule has 0 aliphatic heterocycles. The van der Waals surface area contributed by atoms with Gasteiger partial charge in [0, 0.05) is 11.1 Å². The van der Waals surface area contributed by atoms with Gasteiger partial charge in [-0.25, -0.2) is 4.79 Å². The van der Waals surface area contributed by atoms with Crippen LogP contribution in [0.1, 0.15) is 51.8 Å². The molecule has 0 aliphatic carbocycles. The van der Waals surface area contributed by atoms with Crippen molar-refractivity contribution in [2.45, 2.75) is 26.2 Å². The molecular formula is C25H24O5. The quantitative estimate of drug-likeness (QED) is 0.297. The molecule has 5 nitrogen and oxygen atoms in total. The lowest BCUT2D eigenvalue weighted by atomic mass is 10.0. The van der Waals surface area contributed by atoms with Gasteiger partial charge in [-0.05, 0) is 60.9 Å². The molecule has 1 N–H and O–H groups in total. The zero-order valence-electron chi connectivity index (χ0n) is 17.1. The Morgan fingerprint density at radius 3 is 2.53 bits per heavy atom. The zero-order chi connectivity index (χ0) is 21.5. The third kappa shape index (κ3) is 5.06. The Bertz CT molecular complexity index is 1060. The van der Waals surface area contributed by atoms with Crippen molar-refractivity contribution in [3.8, 4) is 17.1 Å². The van der Waals surface area contributed by atoms with Gasteiger partial charge in [0.1, 0.15) is 22.8 Å². The summed E-state index contributed by atoms with van der Waals surface area (Å²) in [4.78, 5) is 24.1. The van der Waals surface area contributed by atoms with Gasteiger partial charge in [-0.15, -0.1) is 0 Å². The fourth-order valence-electron chi connectivity index (χ4n) is 3.03. The molecule has 5 heteroatoms. The highest BCUT2D eigenvalue weighted by Gasteiger charge is 2.14. The molecule has 1 heterocycles. The second kappa shape index (κ2) is 9.74. The number of aromatic hydroxyl groups is 1. The van der Waals surface area contributed by atoms with Gasteiger partial charge in [-0.3, -0.25) is 4.79 Å². The third-order valence-corrected chi connectivity index (χ3v) is 4.77. The number of aryl methyl sites for hydroxylation is 1. The molecule has 1 aromatic heterocycles. The molecule has 0 spiro atoms. The number of carbonyl (C=O) groups excluding carboxylic acids is 2. The van der Waals surface area contributed by atoms with Crippen molar-refractivity contribution in [3.63, 3.8) is 0 Å².